The Morgan fingerprint density at radius 1 is 1.38 bits per heavy atom. The van der Waals surface area contributed by atoms with Crippen molar-refractivity contribution in [3.05, 3.63) is 34.9 Å². The summed E-state index contributed by atoms with van der Waals surface area (Å²) < 4.78 is 0. The second kappa shape index (κ2) is 5.67. The molecule has 1 aliphatic heterocycles. The van der Waals surface area contributed by atoms with Gasteiger partial charge in [-0.15, -0.1) is 0 Å². The molecule has 2 rings (SSSR count). The Bertz CT molecular complexity index is 319. The van der Waals surface area contributed by atoms with Gasteiger partial charge >= 0.3 is 0 Å². The second-order valence-corrected chi connectivity index (χ2v) is 4.94. The first kappa shape index (κ1) is 11.9. The van der Waals surface area contributed by atoms with Gasteiger partial charge < -0.3 is 10.4 Å². The fourth-order valence-corrected chi connectivity index (χ4v) is 2.36. The molecule has 16 heavy (non-hydrogen) atoms. The first-order valence-electron chi connectivity index (χ1n) is 5.89. The summed E-state index contributed by atoms with van der Waals surface area (Å²) in [5.74, 6) is 0.393. The van der Waals surface area contributed by atoms with Crippen molar-refractivity contribution >= 4 is 11.6 Å². The number of halogens is 1. The van der Waals surface area contributed by atoms with Crippen LogP contribution in [0.5, 0.6) is 0 Å². The van der Waals surface area contributed by atoms with Gasteiger partial charge in [0.2, 0.25) is 0 Å². The maximum Gasteiger partial charge on any atom is 0.0620 e. The molecule has 2 nitrogen and oxygen atoms in total. The van der Waals surface area contributed by atoms with Gasteiger partial charge in [-0.3, -0.25) is 0 Å². The van der Waals surface area contributed by atoms with Crippen LogP contribution in [-0.4, -0.2) is 24.3 Å². The number of aliphatic hydroxyl groups excluding tert-OH is 1. The average molecular weight is 240 g/mol. The third kappa shape index (κ3) is 3.21. The number of hydrogen-bond acceptors (Lipinski definition) is 2. The van der Waals surface area contributed by atoms with Crippen LogP contribution >= 0.6 is 11.6 Å². The molecule has 0 radical (unpaired) electrons. The van der Waals surface area contributed by atoms with Gasteiger partial charge in [0.1, 0.15) is 0 Å². The molecule has 0 saturated carbocycles. The predicted octanol–water partition coefficient (Wildman–Crippen LogP) is 2.24. The SMILES string of the molecule is O[C@@H](Cc1ccc(Cl)cc1)[C@H]1CCCNC1. The zero-order valence-electron chi connectivity index (χ0n) is 9.32. The summed E-state index contributed by atoms with van der Waals surface area (Å²) in [6.07, 6.45) is 2.78. The van der Waals surface area contributed by atoms with Crippen molar-refractivity contribution in [3.8, 4) is 0 Å². The number of hydrogen-bond donors (Lipinski definition) is 2. The van der Waals surface area contributed by atoms with E-state index in [1.54, 1.807) is 0 Å². The molecule has 1 aliphatic rings. The maximum absolute atomic E-state index is 10.1. The van der Waals surface area contributed by atoms with Crippen LogP contribution in [0.3, 0.4) is 0 Å². The smallest absolute Gasteiger partial charge is 0.0620 e. The number of piperidine rings is 1. The molecule has 1 heterocycles. The van der Waals surface area contributed by atoms with E-state index < -0.39 is 0 Å². The van der Waals surface area contributed by atoms with Crippen LogP contribution in [0.4, 0.5) is 0 Å². The van der Waals surface area contributed by atoms with Crippen LogP contribution in [0.1, 0.15) is 18.4 Å². The molecule has 0 aliphatic carbocycles. The topological polar surface area (TPSA) is 32.3 Å². The van der Waals surface area contributed by atoms with Crippen LogP contribution in [0, 0.1) is 5.92 Å². The Hall–Kier alpha value is -0.570. The molecule has 1 saturated heterocycles. The van der Waals surface area contributed by atoms with Crippen molar-refractivity contribution in [1.82, 2.24) is 5.32 Å². The lowest BCUT2D eigenvalue weighted by molar-refractivity contribution is 0.0922. The van der Waals surface area contributed by atoms with E-state index in [4.69, 9.17) is 11.6 Å². The third-order valence-electron chi connectivity index (χ3n) is 3.24. The van der Waals surface area contributed by atoms with Crippen LogP contribution in [0.25, 0.3) is 0 Å². The van der Waals surface area contributed by atoms with Crippen molar-refractivity contribution in [3.63, 3.8) is 0 Å². The monoisotopic (exact) mass is 239 g/mol. The quantitative estimate of drug-likeness (QED) is 0.848. The molecular formula is C13H18ClNO. The van der Waals surface area contributed by atoms with Gasteiger partial charge in [0, 0.05) is 11.6 Å². The van der Waals surface area contributed by atoms with Crippen molar-refractivity contribution < 1.29 is 5.11 Å². The Morgan fingerprint density at radius 3 is 2.75 bits per heavy atom. The summed E-state index contributed by atoms with van der Waals surface area (Å²) in [6, 6.07) is 7.73. The summed E-state index contributed by atoms with van der Waals surface area (Å²) in [5, 5.41) is 14.2. The maximum atomic E-state index is 10.1. The zero-order valence-corrected chi connectivity index (χ0v) is 10.1. The van der Waals surface area contributed by atoms with Gasteiger partial charge in [-0.1, -0.05) is 23.7 Å². The third-order valence-corrected chi connectivity index (χ3v) is 3.49. The molecule has 0 unspecified atom stereocenters. The fourth-order valence-electron chi connectivity index (χ4n) is 2.24. The largest absolute Gasteiger partial charge is 0.392 e. The lowest BCUT2D eigenvalue weighted by atomic mass is 9.90. The van der Waals surface area contributed by atoms with E-state index in [9.17, 15) is 5.11 Å². The Kier molecular flexibility index (Phi) is 4.22. The molecule has 0 aromatic heterocycles. The summed E-state index contributed by atoms with van der Waals surface area (Å²) in [4.78, 5) is 0. The molecule has 0 amide bonds. The van der Waals surface area contributed by atoms with Gasteiger partial charge in [0.25, 0.3) is 0 Å². The predicted molar refractivity (Wildman–Crippen MR) is 66.8 cm³/mol. The minimum atomic E-state index is -0.242. The van der Waals surface area contributed by atoms with Gasteiger partial charge in [-0.25, -0.2) is 0 Å². The second-order valence-electron chi connectivity index (χ2n) is 4.50. The van der Waals surface area contributed by atoms with Gasteiger partial charge in [0.15, 0.2) is 0 Å². The summed E-state index contributed by atoms with van der Waals surface area (Å²) in [5.41, 5.74) is 1.16. The number of aliphatic hydroxyl groups is 1. The fraction of sp³-hybridized carbons (Fsp3) is 0.538. The van der Waals surface area contributed by atoms with E-state index >= 15 is 0 Å². The zero-order chi connectivity index (χ0) is 11.4. The van der Waals surface area contributed by atoms with Gasteiger partial charge in [-0.2, -0.15) is 0 Å². The summed E-state index contributed by atoms with van der Waals surface area (Å²) in [7, 11) is 0. The van der Waals surface area contributed by atoms with Gasteiger partial charge in [0.05, 0.1) is 6.10 Å². The molecule has 1 aromatic rings. The molecule has 2 atom stereocenters. The lowest BCUT2D eigenvalue weighted by Gasteiger charge is -2.27. The molecule has 1 fully saturated rings. The van der Waals surface area contributed by atoms with E-state index in [1.807, 2.05) is 24.3 Å². The van der Waals surface area contributed by atoms with Crippen LogP contribution in [-0.2, 0) is 6.42 Å². The van der Waals surface area contributed by atoms with Crippen molar-refractivity contribution in [1.29, 1.82) is 0 Å². The molecule has 0 bridgehead atoms. The van der Waals surface area contributed by atoms with E-state index in [0.29, 0.717) is 5.92 Å². The van der Waals surface area contributed by atoms with E-state index in [0.717, 1.165) is 36.5 Å². The van der Waals surface area contributed by atoms with Crippen molar-refractivity contribution in [2.24, 2.45) is 5.92 Å². The summed E-state index contributed by atoms with van der Waals surface area (Å²) >= 11 is 5.82. The highest BCUT2D eigenvalue weighted by atomic mass is 35.5. The Morgan fingerprint density at radius 2 is 2.12 bits per heavy atom. The van der Waals surface area contributed by atoms with E-state index in [1.165, 1.54) is 6.42 Å². The van der Waals surface area contributed by atoms with Crippen molar-refractivity contribution in [2.45, 2.75) is 25.4 Å². The minimum Gasteiger partial charge on any atom is -0.392 e. The Labute approximate surface area is 102 Å². The molecular weight excluding hydrogens is 222 g/mol. The van der Waals surface area contributed by atoms with E-state index in [2.05, 4.69) is 5.32 Å². The molecule has 3 heteroatoms. The first-order valence-corrected chi connectivity index (χ1v) is 6.27. The number of rotatable bonds is 3. The van der Waals surface area contributed by atoms with Crippen LogP contribution < -0.4 is 5.32 Å². The Balaban J connectivity index is 1.90. The van der Waals surface area contributed by atoms with E-state index in [-0.39, 0.29) is 6.10 Å². The van der Waals surface area contributed by atoms with Crippen LogP contribution in [0.2, 0.25) is 5.02 Å². The normalized spacial score (nSPS) is 23.0. The highest BCUT2D eigenvalue weighted by Crippen LogP contribution is 2.19. The lowest BCUT2D eigenvalue weighted by Crippen LogP contribution is -2.37. The van der Waals surface area contributed by atoms with Gasteiger partial charge in [-0.05, 0) is 49.4 Å². The van der Waals surface area contributed by atoms with Crippen molar-refractivity contribution in [2.75, 3.05) is 13.1 Å². The van der Waals surface area contributed by atoms with Crippen LogP contribution in [0.15, 0.2) is 24.3 Å². The first-order chi connectivity index (χ1) is 7.75. The number of benzene rings is 1. The molecule has 2 N–H and O–H groups in total. The highest BCUT2D eigenvalue weighted by Gasteiger charge is 2.21. The average Bonchev–Trinajstić information content (AvgIpc) is 2.33. The molecule has 1 aromatic carbocycles. The number of nitrogens with one attached hydrogen (secondary N) is 1. The standard InChI is InChI=1S/C13H18ClNO/c14-12-5-3-10(4-6-12)8-13(16)11-2-1-7-15-9-11/h3-6,11,13,15-16H,1-2,7-9H2/t11-,13-/m0/s1. The molecule has 0 spiro atoms. The molecule has 88 valence electrons. The highest BCUT2D eigenvalue weighted by molar-refractivity contribution is 6.30. The minimum absolute atomic E-state index is 0.242. The summed E-state index contributed by atoms with van der Waals surface area (Å²) in [6.45, 7) is 2.03.